The predicted octanol–water partition coefficient (Wildman–Crippen LogP) is 1.20. The Morgan fingerprint density at radius 3 is 2.78 bits per heavy atom. The fourth-order valence-electron chi connectivity index (χ4n) is 2.13. The van der Waals surface area contributed by atoms with E-state index in [-0.39, 0.29) is 11.5 Å². The molecule has 3 N–H and O–H groups in total. The lowest BCUT2D eigenvalue weighted by Gasteiger charge is -2.21. The van der Waals surface area contributed by atoms with Crippen LogP contribution in [0.1, 0.15) is 46.0 Å². The molecule has 1 amide bonds. The molecule has 0 bridgehead atoms. The largest absolute Gasteiger partial charge is 0.364 e. The van der Waals surface area contributed by atoms with Crippen molar-refractivity contribution in [2.75, 3.05) is 13.1 Å². The van der Waals surface area contributed by atoms with Crippen LogP contribution in [0.4, 0.5) is 0 Å². The summed E-state index contributed by atoms with van der Waals surface area (Å²) in [4.78, 5) is 26.7. The number of carbonyl (C=O) groups is 2. The number of amides is 1. The molecule has 5 nitrogen and oxygen atoms in total. The average Bonchev–Trinajstić information content (AvgIpc) is 2.87. The number of carbonyl (C=O) groups excluding carboxylic acids is 2. The second kappa shape index (κ2) is 6.06. The maximum absolute atomic E-state index is 11.9. The van der Waals surface area contributed by atoms with Gasteiger partial charge in [-0.25, -0.2) is 4.98 Å². The monoisotopic (exact) mass is 267 g/mol. The molecule has 2 rings (SSSR count). The van der Waals surface area contributed by atoms with Crippen molar-refractivity contribution < 1.29 is 9.59 Å². The Morgan fingerprint density at radius 2 is 2.17 bits per heavy atom. The summed E-state index contributed by atoms with van der Waals surface area (Å²) >= 11 is 1.20. The van der Waals surface area contributed by atoms with Gasteiger partial charge in [-0.15, -0.1) is 11.3 Å². The Bertz CT molecular complexity index is 438. The van der Waals surface area contributed by atoms with Crippen molar-refractivity contribution in [3.8, 4) is 0 Å². The van der Waals surface area contributed by atoms with Gasteiger partial charge in [-0.3, -0.25) is 9.59 Å². The van der Waals surface area contributed by atoms with Crippen LogP contribution in [0.2, 0.25) is 0 Å². The van der Waals surface area contributed by atoms with E-state index in [0.717, 1.165) is 32.4 Å². The van der Waals surface area contributed by atoms with Gasteiger partial charge in [0.25, 0.3) is 5.91 Å². The summed E-state index contributed by atoms with van der Waals surface area (Å²) in [5.41, 5.74) is 5.29. The van der Waals surface area contributed by atoms with E-state index < -0.39 is 5.91 Å². The molecule has 1 aromatic rings. The number of primary amides is 1. The molecule has 0 aromatic carbocycles. The molecule has 1 saturated heterocycles. The summed E-state index contributed by atoms with van der Waals surface area (Å²) in [6.07, 6.45) is 3.69. The van der Waals surface area contributed by atoms with E-state index in [1.807, 2.05) is 0 Å². The van der Waals surface area contributed by atoms with Crippen LogP contribution in [0.3, 0.4) is 0 Å². The van der Waals surface area contributed by atoms with Gasteiger partial charge < -0.3 is 11.1 Å². The number of ketones is 1. The SMILES string of the molecule is NC(=O)c1csc(C(=O)CCC2CCNCC2)n1. The zero-order chi connectivity index (χ0) is 13.0. The van der Waals surface area contributed by atoms with Crippen molar-refractivity contribution >= 4 is 23.0 Å². The van der Waals surface area contributed by atoms with Crippen LogP contribution < -0.4 is 11.1 Å². The Kier molecular flexibility index (Phi) is 4.43. The maximum Gasteiger partial charge on any atom is 0.268 e. The molecule has 1 aliphatic heterocycles. The summed E-state index contributed by atoms with van der Waals surface area (Å²) in [5.74, 6) is 0.0699. The molecule has 0 unspecified atom stereocenters. The molecule has 0 atom stereocenters. The first-order chi connectivity index (χ1) is 8.66. The summed E-state index contributed by atoms with van der Waals surface area (Å²) in [5, 5.41) is 5.25. The van der Waals surface area contributed by atoms with Gasteiger partial charge >= 0.3 is 0 Å². The molecule has 1 aromatic heterocycles. The second-order valence-electron chi connectivity index (χ2n) is 4.56. The smallest absolute Gasteiger partial charge is 0.268 e. The Hall–Kier alpha value is -1.27. The van der Waals surface area contributed by atoms with E-state index in [2.05, 4.69) is 10.3 Å². The molecular weight excluding hydrogens is 250 g/mol. The number of hydrogen-bond donors (Lipinski definition) is 2. The number of nitrogens with one attached hydrogen (secondary N) is 1. The highest BCUT2D eigenvalue weighted by molar-refractivity contribution is 7.11. The van der Waals surface area contributed by atoms with Crippen molar-refractivity contribution in [2.45, 2.75) is 25.7 Å². The van der Waals surface area contributed by atoms with Gasteiger partial charge in [-0.1, -0.05) is 0 Å². The number of Topliss-reactive ketones (excluding diaryl/α,β-unsaturated/α-hetero) is 1. The fraction of sp³-hybridized carbons (Fsp3) is 0.583. The van der Waals surface area contributed by atoms with Crippen molar-refractivity contribution in [1.82, 2.24) is 10.3 Å². The summed E-state index contributed by atoms with van der Waals surface area (Å²) in [6.45, 7) is 2.09. The summed E-state index contributed by atoms with van der Waals surface area (Å²) < 4.78 is 0. The fourth-order valence-corrected chi connectivity index (χ4v) is 2.90. The Balaban J connectivity index is 1.84. The third-order valence-electron chi connectivity index (χ3n) is 3.23. The topological polar surface area (TPSA) is 85.1 Å². The molecule has 0 saturated carbocycles. The van der Waals surface area contributed by atoms with E-state index in [9.17, 15) is 9.59 Å². The molecule has 2 heterocycles. The van der Waals surface area contributed by atoms with Crippen LogP contribution in [0.25, 0.3) is 0 Å². The van der Waals surface area contributed by atoms with Crippen LogP contribution in [0.15, 0.2) is 5.38 Å². The minimum Gasteiger partial charge on any atom is -0.364 e. The van der Waals surface area contributed by atoms with Crippen LogP contribution in [0.5, 0.6) is 0 Å². The molecule has 6 heteroatoms. The summed E-state index contributed by atoms with van der Waals surface area (Å²) in [6, 6.07) is 0. The third-order valence-corrected chi connectivity index (χ3v) is 4.12. The van der Waals surface area contributed by atoms with Gasteiger partial charge in [-0.05, 0) is 38.3 Å². The molecular formula is C12H17N3O2S. The minimum absolute atomic E-state index is 0.0195. The number of aromatic nitrogens is 1. The molecule has 1 aliphatic rings. The average molecular weight is 267 g/mol. The quantitative estimate of drug-likeness (QED) is 0.785. The normalized spacial score (nSPS) is 16.7. The van der Waals surface area contributed by atoms with E-state index in [0.29, 0.717) is 17.3 Å². The first kappa shape index (κ1) is 13.2. The zero-order valence-corrected chi connectivity index (χ0v) is 11.0. The van der Waals surface area contributed by atoms with Gasteiger partial charge in [0.1, 0.15) is 5.69 Å². The minimum atomic E-state index is -0.580. The van der Waals surface area contributed by atoms with Crippen LogP contribution >= 0.6 is 11.3 Å². The van der Waals surface area contributed by atoms with Crippen molar-refractivity contribution in [1.29, 1.82) is 0 Å². The van der Waals surface area contributed by atoms with Gasteiger partial charge in [0.15, 0.2) is 10.8 Å². The summed E-state index contributed by atoms with van der Waals surface area (Å²) in [7, 11) is 0. The molecule has 0 aliphatic carbocycles. The maximum atomic E-state index is 11.9. The van der Waals surface area contributed by atoms with Crippen molar-refractivity contribution in [3.63, 3.8) is 0 Å². The standard InChI is InChI=1S/C12H17N3O2S/c13-11(17)9-7-18-12(15-9)10(16)2-1-8-3-5-14-6-4-8/h7-8,14H,1-6H2,(H2,13,17). The van der Waals surface area contributed by atoms with Gasteiger partial charge in [0.2, 0.25) is 0 Å². The van der Waals surface area contributed by atoms with Crippen molar-refractivity contribution in [2.24, 2.45) is 11.7 Å². The molecule has 0 radical (unpaired) electrons. The van der Waals surface area contributed by atoms with E-state index >= 15 is 0 Å². The number of hydrogen-bond acceptors (Lipinski definition) is 5. The zero-order valence-electron chi connectivity index (χ0n) is 10.1. The molecule has 98 valence electrons. The molecule has 18 heavy (non-hydrogen) atoms. The van der Waals surface area contributed by atoms with E-state index in [1.165, 1.54) is 11.3 Å². The van der Waals surface area contributed by atoms with Gasteiger partial charge in [0, 0.05) is 11.8 Å². The lowest BCUT2D eigenvalue weighted by molar-refractivity contribution is 0.0970. The van der Waals surface area contributed by atoms with Crippen molar-refractivity contribution in [3.05, 3.63) is 16.1 Å². The number of piperidine rings is 1. The van der Waals surface area contributed by atoms with E-state index in [4.69, 9.17) is 5.73 Å². The first-order valence-electron chi connectivity index (χ1n) is 6.16. The van der Waals surface area contributed by atoms with Crippen LogP contribution in [-0.2, 0) is 0 Å². The number of nitrogens with zero attached hydrogens (tertiary/aromatic N) is 1. The highest BCUT2D eigenvalue weighted by Crippen LogP contribution is 2.20. The van der Waals surface area contributed by atoms with Gasteiger partial charge in [0.05, 0.1) is 0 Å². The predicted molar refractivity (Wildman–Crippen MR) is 69.8 cm³/mol. The Morgan fingerprint density at radius 1 is 1.44 bits per heavy atom. The highest BCUT2D eigenvalue weighted by atomic mass is 32.1. The highest BCUT2D eigenvalue weighted by Gasteiger charge is 2.17. The third kappa shape index (κ3) is 3.36. The first-order valence-corrected chi connectivity index (χ1v) is 7.04. The van der Waals surface area contributed by atoms with Crippen LogP contribution in [0, 0.1) is 5.92 Å². The van der Waals surface area contributed by atoms with E-state index in [1.54, 1.807) is 5.38 Å². The number of nitrogens with two attached hydrogens (primary N) is 1. The second-order valence-corrected chi connectivity index (χ2v) is 5.42. The number of thiazole rings is 1. The van der Waals surface area contributed by atoms with Crippen LogP contribution in [-0.4, -0.2) is 29.8 Å². The number of rotatable bonds is 5. The Labute approximate surface area is 110 Å². The molecule has 1 fully saturated rings. The lowest BCUT2D eigenvalue weighted by Crippen LogP contribution is -2.28. The lowest BCUT2D eigenvalue weighted by atomic mass is 9.92. The van der Waals surface area contributed by atoms with Gasteiger partial charge in [-0.2, -0.15) is 0 Å². The molecule has 0 spiro atoms.